The quantitative estimate of drug-likeness (QED) is 0.742. The SMILES string of the molecule is CC(O)(CNS(=O)(=O)CCCC#N)c1ccc(F)cc1. The van der Waals surface area contributed by atoms with Crippen molar-refractivity contribution in [2.24, 2.45) is 0 Å². The summed E-state index contributed by atoms with van der Waals surface area (Å²) in [6.07, 6.45) is 0.403. The van der Waals surface area contributed by atoms with E-state index < -0.39 is 21.4 Å². The molecule has 0 heterocycles. The Morgan fingerprint density at radius 1 is 1.40 bits per heavy atom. The van der Waals surface area contributed by atoms with Gasteiger partial charge in [-0.25, -0.2) is 17.5 Å². The summed E-state index contributed by atoms with van der Waals surface area (Å²) in [5.41, 5.74) is -1.02. The fourth-order valence-corrected chi connectivity index (χ4v) is 2.74. The van der Waals surface area contributed by atoms with Gasteiger partial charge in [0, 0.05) is 13.0 Å². The molecule has 1 rings (SSSR count). The molecular weight excluding hydrogens is 283 g/mol. The first-order valence-corrected chi connectivity index (χ1v) is 7.75. The molecule has 0 bridgehead atoms. The summed E-state index contributed by atoms with van der Waals surface area (Å²) in [4.78, 5) is 0. The Morgan fingerprint density at radius 3 is 2.55 bits per heavy atom. The Bertz CT molecular complexity index is 577. The first-order valence-electron chi connectivity index (χ1n) is 6.09. The Kier molecular flexibility index (Phi) is 5.62. The molecule has 0 aliphatic carbocycles. The lowest BCUT2D eigenvalue weighted by Crippen LogP contribution is -2.39. The van der Waals surface area contributed by atoms with Gasteiger partial charge < -0.3 is 5.11 Å². The Balaban J connectivity index is 2.63. The van der Waals surface area contributed by atoms with Crippen LogP contribution in [0.1, 0.15) is 25.3 Å². The van der Waals surface area contributed by atoms with Crippen LogP contribution in [0.3, 0.4) is 0 Å². The average Bonchev–Trinajstić information content (AvgIpc) is 2.37. The van der Waals surface area contributed by atoms with Gasteiger partial charge in [-0.05, 0) is 31.0 Å². The third-order valence-electron chi connectivity index (χ3n) is 2.80. The zero-order valence-electron chi connectivity index (χ0n) is 11.1. The van der Waals surface area contributed by atoms with Crippen molar-refractivity contribution in [2.45, 2.75) is 25.4 Å². The molecule has 0 aromatic heterocycles. The van der Waals surface area contributed by atoms with E-state index >= 15 is 0 Å². The van der Waals surface area contributed by atoms with Gasteiger partial charge in [0.05, 0.1) is 11.8 Å². The lowest BCUT2D eigenvalue weighted by atomic mass is 9.96. The Morgan fingerprint density at radius 2 is 2.00 bits per heavy atom. The number of rotatable bonds is 7. The van der Waals surface area contributed by atoms with Crippen LogP contribution in [0.4, 0.5) is 4.39 Å². The summed E-state index contributed by atoms with van der Waals surface area (Å²) < 4.78 is 38.4. The second-order valence-electron chi connectivity index (χ2n) is 4.68. The summed E-state index contributed by atoms with van der Waals surface area (Å²) >= 11 is 0. The first-order chi connectivity index (χ1) is 9.27. The van der Waals surface area contributed by atoms with Crippen molar-refractivity contribution in [3.63, 3.8) is 0 Å². The van der Waals surface area contributed by atoms with Crippen LogP contribution in [0.15, 0.2) is 24.3 Å². The molecule has 7 heteroatoms. The molecule has 1 aromatic carbocycles. The van der Waals surface area contributed by atoms with Gasteiger partial charge in [0.1, 0.15) is 11.4 Å². The molecule has 110 valence electrons. The molecule has 0 amide bonds. The zero-order chi connectivity index (χ0) is 15.2. The molecule has 20 heavy (non-hydrogen) atoms. The molecule has 1 unspecified atom stereocenters. The fraction of sp³-hybridized carbons (Fsp3) is 0.462. The predicted molar refractivity (Wildman–Crippen MR) is 72.6 cm³/mol. The monoisotopic (exact) mass is 300 g/mol. The van der Waals surface area contributed by atoms with Crippen LogP contribution < -0.4 is 4.72 Å². The molecule has 0 spiro atoms. The summed E-state index contributed by atoms with van der Waals surface area (Å²) in [6, 6.07) is 7.07. The average molecular weight is 300 g/mol. The summed E-state index contributed by atoms with van der Waals surface area (Å²) in [5, 5.41) is 18.6. The van der Waals surface area contributed by atoms with Crippen LogP contribution >= 0.6 is 0 Å². The van der Waals surface area contributed by atoms with Crippen LogP contribution in [0.5, 0.6) is 0 Å². The van der Waals surface area contributed by atoms with E-state index in [1.54, 1.807) is 0 Å². The van der Waals surface area contributed by atoms with Crippen molar-refractivity contribution in [3.8, 4) is 6.07 Å². The normalized spacial score (nSPS) is 14.5. The highest BCUT2D eigenvalue weighted by Crippen LogP contribution is 2.20. The number of aliphatic hydroxyl groups is 1. The van der Waals surface area contributed by atoms with E-state index in [1.165, 1.54) is 31.2 Å². The number of nitrogens with zero attached hydrogens (tertiary/aromatic N) is 1. The highest BCUT2D eigenvalue weighted by atomic mass is 32.2. The van der Waals surface area contributed by atoms with E-state index in [-0.39, 0.29) is 25.1 Å². The fourth-order valence-electron chi connectivity index (χ4n) is 1.57. The standard InChI is InChI=1S/C13H17FN2O3S/c1-13(17,11-4-6-12(14)7-5-11)10-16-20(18,19)9-3-2-8-15/h4-7,16-17H,2-3,9-10H2,1H3. The minimum Gasteiger partial charge on any atom is -0.384 e. The van der Waals surface area contributed by atoms with Crippen molar-refractivity contribution in [1.29, 1.82) is 5.26 Å². The van der Waals surface area contributed by atoms with E-state index in [2.05, 4.69) is 4.72 Å². The van der Waals surface area contributed by atoms with Gasteiger partial charge in [0.25, 0.3) is 0 Å². The molecule has 1 atom stereocenters. The lowest BCUT2D eigenvalue weighted by molar-refractivity contribution is 0.0627. The van der Waals surface area contributed by atoms with Crippen molar-refractivity contribution in [3.05, 3.63) is 35.6 Å². The summed E-state index contributed by atoms with van der Waals surface area (Å²) in [7, 11) is -3.54. The smallest absolute Gasteiger partial charge is 0.211 e. The molecule has 0 aliphatic heterocycles. The Labute approximate surface area is 118 Å². The number of hydrogen-bond acceptors (Lipinski definition) is 4. The van der Waals surface area contributed by atoms with Gasteiger partial charge in [-0.2, -0.15) is 5.26 Å². The summed E-state index contributed by atoms with van der Waals surface area (Å²) in [6.45, 7) is 1.23. The maximum absolute atomic E-state index is 12.8. The van der Waals surface area contributed by atoms with Gasteiger partial charge in [-0.1, -0.05) is 12.1 Å². The summed E-state index contributed by atoms with van der Waals surface area (Å²) in [5.74, 6) is -0.596. The van der Waals surface area contributed by atoms with Gasteiger partial charge in [-0.15, -0.1) is 0 Å². The minimum atomic E-state index is -3.54. The number of nitriles is 1. The number of nitrogens with one attached hydrogen (secondary N) is 1. The molecule has 0 saturated heterocycles. The largest absolute Gasteiger partial charge is 0.384 e. The van der Waals surface area contributed by atoms with Crippen LogP contribution in [-0.4, -0.2) is 25.8 Å². The molecule has 5 nitrogen and oxygen atoms in total. The maximum Gasteiger partial charge on any atom is 0.211 e. The van der Waals surface area contributed by atoms with Gasteiger partial charge in [-0.3, -0.25) is 0 Å². The van der Waals surface area contributed by atoms with Gasteiger partial charge in [0.15, 0.2) is 0 Å². The molecule has 0 saturated carbocycles. The predicted octanol–water partition coefficient (Wildman–Crippen LogP) is 1.26. The van der Waals surface area contributed by atoms with Gasteiger partial charge >= 0.3 is 0 Å². The van der Waals surface area contributed by atoms with Crippen LogP contribution in [0.2, 0.25) is 0 Å². The number of unbranched alkanes of at least 4 members (excludes halogenated alkanes) is 1. The van der Waals surface area contributed by atoms with Crippen molar-refractivity contribution < 1.29 is 17.9 Å². The van der Waals surface area contributed by atoms with Crippen molar-refractivity contribution in [1.82, 2.24) is 4.72 Å². The number of hydrogen-bond donors (Lipinski definition) is 2. The third kappa shape index (κ3) is 5.25. The van der Waals surface area contributed by atoms with E-state index in [4.69, 9.17) is 5.26 Å². The third-order valence-corrected chi connectivity index (χ3v) is 4.21. The van der Waals surface area contributed by atoms with Crippen LogP contribution in [0, 0.1) is 17.1 Å². The molecular formula is C13H17FN2O3S. The van der Waals surface area contributed by atoms with E-state index in [0.29, 0.717) is 5.56 Å². The number of sulfonamides is 1. The Hall–Kier alpha value is -1.49. The molecule has 1 aromatic rings. The second-order valence-corrected chi connectivity index (χ2v) is 6.61. The first kappa shape index (κ1) is 16.6. The highest BCUT2D eigenvalue weighted by Gasteiger charge is 2.25. The van der Waals surface area contributed by atoms with E-state index in [0.717, 1.165) is 0 Å². The maximum atomic E-state index is 12.8. The van der Waals surface area contributed by atoms with Crippen molar-refractivity contribution in [2.75, 3.05) is 12.3 Å². The van der Waals surface area contributed by atoms with Crippen LogP contribution in [0.25, 0.3) is 0 Å². The van der Waals surface area contributed by atoms with E-state index in [9.17, 15) is 17.9 Å². The van der Waals surface area contributed by atoms with E-state index in [1.807, 2.05) is 6.07 Å². The number of benzene rings is 1. The van der Waals surface area contributed by atoms with Crippen LogP contribution in [-0.2, 0) is 15.6 Å². The molecule has 0 fully saturated rings. The lowest BCUT2D eigenvalue weighted by Gasteiger charge is -2.24. The minimum absolute atomic E-state index is 0.162. The zero-order valence-corrected chi connectivity index (χ0v) is 12.0. The van der Waals surface area contributed by atoms with Crippen molar-refractivity contribution >= 4 is 10.0 Å². The molecule has 2 N–H and O–H groups in total. The number of halogens is 1. The topological polar surface area (TPSA) is 90.2 Å². The van der Waals surface area contributed by atoms with Gasteiger partial charge in [0.2, 0.25) is 10.0 Å². The highest BCUT2D eigenvalue weighted by molar-refractivity contribution is 7.89. The molecule has 0 radical (unpaired) electrons. The molecule has 0 aliphatic rings. The second kappa shape index (κ2) is 6.79.